The molecule has 1 N–H and O–H groups in total. The molecule has 10 nitrogen and oxygen atoms in total. The number of aliphatic hydroxyl groups is 1. The normalized spacial score (nSPS) is 20.5. The molecule has 6 aromatic rings. The summed E-state index contributed by atoms with van der Waals surface area (Å²) in [6.07, 6.45) is 3.05. The summed E-state index contributed by atoms with van der Waals surface area (Å²) in [7, 11) is -0.711. The molecular weight excluding hydrogens is 823 g/mol. The van der Waals surface area contributed by atoms with Gasteiger partial charge in [0.1, 0.15) is 5.75 Å². The van der Waals surface area contributed by atoms with E-state index in [-0.39, 0.29) is 36.0 Å². The van der Waals surface area contributed by atoms with Crippen LogP contribution in [0.3, 0.4) is 0 Å². The highest BCUT2D eigenvalue weighted by atomic mass is 79.9. The minimum absolute atomic E-state index is 0.0377. The van der Waals surface area contributed by atoms with Crippen molar-refractivity contribution in [2.45, 2.75) is 62.7 Å². The molecule has 0 bridgehead atoms. The summed E-state index contributed by atoms with van der Waals surface area (Å²) >= 11 is 3.73. The zero-order valence-electron chi connectivity index (χ0n) is 33.6. The van der Waals surface area contributed by atoms with Gasteiger partial charge in [0.05, 0.1) is 51.7 Å². The number of aliphatic hydroxyl groups excluding tert-OH is 1. The van der Waals surface area contributed by atoms with Gasteiger partial charge in [-0.25, -0.2) is 0 Å². The number of aromatic nitrogens is 3. The summed E-state index contributed by atoms with van der Waals surface area (Å²) in [5, 5.41) is 20.6. The molecule has 2 aliphatic heterocycles. The first kappa shape index (κ1) is 40.4. The van der Waals surface area contributed by atoms with Gasteiger partial charge in [-0.3, -0.25) is 19.2 Å². The number of fused-ring (bicyclic) bond motifs is 2. The number of hydrogen-bond acceptors (Lipinski definition) is 7. The molecule has 302 valence electrons. The molecule has 1 unspecified atom stereocenters. The summed E-state index contributed by atoms with van der Waals surface area (Å²) in [5.41, 5.74) is 4.61. The SMILES string of the molecule is COc1ccc([Si](C)(C)[C@@H]2[C@@H](CCn3cc(C(CO)c4ccccc4)nn3)O[C@]3(C(=O)N(Cc4ccc(N(C=O)c5ccccc5)cc4)c4ccc(Br)cc43)[C@H]2C)cc1. The van der Waals surface area contributed by atoms with Gasteiger partial charge < -0.3 is 19.5 Å². The van der Waals surface area contributed by atoms with Crippen LogP contribution in [-0.2, 0) is 33.0 Å². The second kappa shape index (κ2) is 16.7. The highest BCUT2D eigenvalue weighted by Crippen LogP contribution is 2.60. The first-order chi connectivity index (χ1) is 28.6. The average molecular weight is 871 g/mol. The van der Waals surface area contributed by atoms with Crippen LogP contribution in [0.15, 0.2) is 138 Å². The van der Waals surface area contributed by atoms with Crippen LogP contribution in [0.4, 0.5) is 17.1 Å². The summed E-state index contributed by atoms with van der Waals surface area (Å²) < 4.78 is 15.6. The number of ether oxygens (including phenoxy) is 2. The van der Waals surface area contributed by atoms with E-state index in [4.69, 9.17) is 9.47 Å². The zero-order valence-corrected chi connectivity index (χ0v) is 36.2. The van der Waals surface area contributed by atoms with Gasteiger partial charge in [0.15, 0.2) is 5.60 Å². The Balaban J connectivity index is 1.12. The Hall–Kier alpha value is -5.40. The van der Waals surface area contributed by atoms with E-state index in [9.17, 15) is 9.90 Å². The molecule has 1 fully saturated rings. The number of hydrogen-bond donors (Lipinski definition) is 1. The Bertz CT molecular complexity index is 2410. The second-order valence-electron chi connectivity index (χ2n) is 16.0. The third-order valence-corrected chi connectivity index (χ3v) is 17.3. The number of para-hydroxylation sites is 1. The van der Waals surface area contributed by atoms with Gasteiger partial charge in [-0.2, -0.15) is 0 Å². The number of aryl methyl sites for hydroxylation is 1. The maximum Gasteiger partial charge on any atom is 0.264 e. The molecule has 3 heterocycles. The van der Waals surface area contributed by atoms with Crippen molar-refractivity contribution in [3.8, 4) is 5.75 Å². The molecule has 8 rings (SSSR count). The molecular formula is C47H48BrN5O5Si. The molecule has 5 atom stereocenters. The Morgan fingerprint density at radius 2 is 1.63 bits per heavy atom. The highest BCUT2D eigenvalue weighted by Gasteiger charge is 2.66. The van der Waals surface area contributed by atoms with Crippen molar-refractivity contribution in [2.75, 3.05) is 23.5 Å². The minimum Gasteiger partial charge on any atom is -0.497 e. The second-order valence-corrected chi connectivity index (χ2v) is 21.6. The van der Waals surface area contributed by atoms with Crippen LogP contribution in [0.2, 0.25) is 18.6 Å². The predicted octanol–water partition coefficient (Wildman–Crippen LogP) is 8.32. The van der Waals surface area contributed by atoms with Crippen molar-refractivity contribution in [1.29, 1.82) is 0 Å². The predicted molar refractivity (Wildman–Crippen MR) is 236 cm³/mol. The van der Waals surface area contributed by atoms with Crippen molar-refractivity contribution >= 4 is 58.6 Å². The van der Waals surface area contributed by atoms with E-state index in [2.05, 4.69) is 64.5 Å². The zero-order chi connectivity index (χ0) is 41.3. The fourth-order valence-electron chi connectivity index (χ4n) is 9.41. The Morgan fingerprint density at radius 3 is 2.29 bits per heavy atom. The summed E-state index contributed by atoms with van der Waals surface area (Å²) in [5.74, 6) is 0.253. The lowest BCUT2D eigenvalue weighted by molar-refractivity contribution is -0.146. The Morgan fingerprint density at radius 1 is 0.949 bits per heavy atom. The van der Waals surface area contributed by atoms with Gasteiger partial charge in [0.25, 0.3) is 5.91 Å². The van der Waals surface area contributed by atoms with E-state index in [1.807, 2.05) is 125 Å². The average Bonchev–Trinajstić information content (AvgIpc) is 3.92. The van der Waals surface area contributed by atoms with Crippen molar-refractivity contribution in [2.24, 2.45) is 5.92 Å². The molecule has 0 saturated carbocycles. The maximum atomic E-state index is 15.4. The van der Waals surface area contributed by atoms with Crippen LogP contribution < -0.4 is 19.7 Å². The minimum atomic E-state index is -2.39. The van der Waals surface area contributed by atoms with Gasteiger partial charge >= 0.3 is 0 Å². The largest absolute Gasteiger partial charge is 0.497 e. The maximum absolute atomic E-state index is 15.4. The molecule has 0 aliphatic carbocycles. The van der Waals surface area contributed by atoms with Crippen LogP contribution in [0.5, 0.6) is 5.75 Å². The van der Waals surface area contributed by atoms with Crippen molar-refractivity contribution in [1.82, 2.24) is 15.0 Å². The number of rotatable bonds is 14. The number of carbonyl (C=O) groups excluding carboxylic acids is 2. The smallest absolute Gasteiger partial charge is 0.264 e. The van der Waals surface area contributed by atoms with Gasteiger partial charge in [0, 0.05) is 40.1 Å². The topological polar surface area (TPSA) is 110 Å². The van der Waals surface area contributed by atoms with Crippen LogP contribution in [0.25, 0.3) is 0 Å². The number of amides is 2. The molecule has 2 aliphatic rings. The van der Waals surface area contributed by atoms with Crippen molar-refractivity contribution in [3.05, 3.63) is 160 Å². The van der Waals surface area contributed by atoms with E-state index >= 15 is 4.79 Å². The number of methoxy groups -OCH3 is 1. The lowest BCUT2D eigenvalue weighted by atomic mass is 9.82. The van der Waals surface area contributed by atoms with Gasteiger partial charge in [0.2, 0.25) is 6.41 Å². The fraction of sp³-hybridized carbons (Fsp3) is 0.277. The first-order valence-corrected chi connectivity index (χ1v) is 23.8. The monoisotopic (exact) mass is 869 g/mol. The van der Waals surface area contributed by atoms with E-state index < -0.39 is 13.7 Å². The number of benzene rings is 5. The van der Waals surface area contributed by atoms with Gasteiger partial charge in [-0.15, -0.1) is 5.10 Å². The van der Waals surface area contributed by atoms with E-state index in [0.29, 0.717) is 25.2 Å². The first-order valence-electron chi connectivity index (χ1n) is 20.0. The standard InChI is InChI=1S/C47H48BrN5O5Si/c1-32-45(59(3,4)39-22-20-38(57-2)21-23-39)44(25-26-51-29-42(49-50-51)40(30-54)34-11-7-5-8-12-34)58-47(32)41-27-35(48)17-24-43(41)52(46(47)56)28-33-15-18-37(19-16-33)53(31-55)36-13-9-6-10-14-36/h5-24,27,29,31-32,40,44-45,54H,25-26,28,30H2,1-4H3/t32-,40?,44+,45-,47+/m0/s1. The van der Waals surface area contributed by atoms with Crippen LogP contribution in [0.1, 0.15) is 41.6 Å². The van der Waals surface area contributed by atoms with Crippen LogP contribution >= 0.6 is 15.9 Å². The van der Waals surface area contributed by atoms with E-state index in [1.54, 1.807) is 12.0 Å². The Labute approximate surface area is 354 Å². The molecule has 1 spiro atoms. The lowest BCUT2D eigenvalue weighted by Gasteiger charge is -2.37. The molecule has 1 saturated heterocycles. The van der Waals surface area contributed by atoms with Gasteiger partial charge in [-0.1, -0.05) is 119 Å². The quantitative estimate of drug-likeness (QED) is 0.0867. The van der Waals surface area contributed by atoms with Crippen LogP contribution in [0, 0.1) is 5.92 Å². The molecule has 59 heavy (non-hydrogen) atoms. The molecule has 2 amide bonds. The highest BCUT2D eigenvalue weighted by molar-refractivity contribution is 9.10. The summed E-state index contributed by atoms with van der Waals surface area (Å²) in [6.45, 7) is 7.73. The number of carbonyl (C=O) groups is 2. The summed E-state index contributed by atoms with van der Waals surface area (Å²) in [4.78, 5) is 31.0. The van der Waals surface area contributed by atoms with E-state index in [1.165, 1.54) is 5.19 Å². The van der Waals surface area contributed by atoms with Crippen molar-refractivity contribution < 1.29 is 24.2 Å². The third kappa shape index (κ3) is 7.43. The molecule has 1 aromatic heterocycles. The molecule has 12 heteroatoms. The fourth-order valence-corrected chi connectivity index (χ4v) is 13.8. The lowest BCUT2D eigenvalue weighted by Crippen LogP contribution is -2.51. The number of nitrogens with zero attached hydrogens (tertiary/aromatic N) is 5. The third-order valence-electron chi connectivity index (χ3n) is 12.4. The van der Waals surface area contributed by atoms with E-state index in [0.717, 1.165) is 50.4 Å². The van der Waals surface area contributed by atoms with Crippen LogP contribution in [-0.4, -0.2) is 60.3 Å². The summed E-state index contributed by atoms with van der Waals surface area (Å²) in [6, 6.07) is 41.5. The number of anilines is 3. The molecule has 0 radical (unpaired) electrons. The molecule has 5 aromatic carbocycles. The van der Waals surface area contributed by atoms with Crippen molar-refractivity contribution in [3.63, 3.8) is 0 Å². The Kier molecular flexibility index (Phi) is 11.4. The van der Waals surface area contributed by atoms with Gasteiger partial charge in [-0.05, 0) is 77.7 Å². The number of halogens is 1.